The molecule has 1 rings (SSSR count). The van der Waals surface area contributed by atoms with Crippen LogP contribution in [0, 0.1) is 5.92 Å². The average molecular weight is 258 g/mol. The van der Waals surface area contributed by atoms with E-state index >= 15 is 0 Å². The zero-order valence-electron chi connectivity index (χ0n) is 11.4. The molecule has 0 aromatic carbocycles. The molecule has 0 unspecified atom stereocenters. The number of carbonyl (C=O) groups is 2. The molecule has 6 heteroatoms. The summed E-state index contributed by atoms with van der Waals surface area (Å²) in [5.41, 5.74) is 5.30. The monoisotopic (exact) mass is 258 g/mol. The SMILES string of the molecule is COC(=O)[C@@H]1C[C@@H](N)CN(C(=O)OC(C)(C)C)C1. The van der Waals surface area contributed by atoms with E-state index in [1.165, 1.54) is 12.0 Å². The highest BCUT2D eigenvalue weighted by atomic mass is 16.6. The lowest BCUT2D eigenvalue weighted by molar-refractivity contribution is -0.147. The van der Waals surface area contributed by atoms with Gasteiger partial charge in [-0.3, -0.25) is 4.79 Å². The summed E-state index contributed by atoms with van der Waals surface area (Å²) in [5, 5.41) is 0. The molecular weight excluding hydrogens is 236 g/mol. The lowest BCUT2D eigenvalue weighted by Gasteiger charge is -2.35. The molecule has 0 aliphatic carbocycles. The summed E-state index contributed by atoms with van der Waals surface area (Å²) in [6, 6.07) is -0.227. The maximum absolute atomic E-state index is 11.9. The molecule has 1 amide bonds. The number of esters is 1. The number of piperidine rings is 1. The van der Waals surface area contributed by atoms with Crippen LogP contribution in [0.5, 0.6) is 0 Å². The van der Waals surface area contributed by atoms with Crippen LogP contribution >= 0.6 is 0 Å². The lowest BCUT2D eigenvalue weighted by atomic mass is 9.95. The molecule has 0 spiro atoms. The summed E-state index contributed by atoms with van der Waals surface area (Å²) in [4.78, 5) is 24.9. The maximum atomic E-state index is 11.9. The van der Waals surface area contributed by atoms with E-state index in [0.29, 0.717) is 19.5 Å². The van der Waals surface area contributed by atoms with Gasteiger partial charge in [-0.25, -0.2) is 4.79 Å². The van der Waals surface area contributed by atoms with Crippen LogP contribution in [0.15, 0.2) is 0 Å². The average Bonchev–Trinajstić information content (AvgIpc) is 2.24. The fourth-order valence-electron chi connectivity index (χ4n) is 1.95. The number of ether oxygens (including phenoxy) is 2. The number of nitrogens with two attached hydrogens (primary N) is 1. The van der Waals surface area contributed by atoms with Crippen molar-refractivity contribution in [3.63, 3.8) is 0 Å². The van der Waals surface area contributed by atoms with E-state index < -0.39 is 11.7 Å². The molecule has 1 aliphatic heterocycles. The zero-order chi connectivity index (χ0) is 13.9. The quantitative estimate of drug-likeness (QED) is 0.702. The van der Waals surface area contributed by atoms with Crippen molar-refractivity contribution in [3.8, 4) is 0 Å². The number of likely N-dealkylation sites (tertiary alicyclic amines) is 1. The standard InChI is InChI=1S/C12H22N2O4/c1-12(2,3)18-11(16)14-6-8(10(15)17-4)5-9(13)7-14/h8-9H,5-7,13H2,1-4H3/t8-,9-/m1/s1. The molecule has 0 radical (unpaired) electrons. The van der Waals surface area contributed by atoms with Gasteiger partial charge in [-0.15, -0.1) is 0 Å². The number of amides is 1. The van der Waals surface area contributed by atoms with Gasteiger partial charge in [0.1, 0.15) is 5.60 Å². The number of hydrogen-bond donors (Lipinski definition) is 1. The molecule has 0 bridgehead atoms. The Balaban J connectivity index is 2.66. The molecule has 1 aliphatic rings. The third-order valence-electron chi connectivity index (χ3n) is 2.67. The normalized spacial score (nSPS) is 24.6. The second kappa shape index (κ2) is 5.56. The van der Waals surface area contributed by atoms with Gasteiger partial charge < -0.3 is 20.1 Å². The number of nitrogens with zero attached hydrogens (tertiary/aromatic N) is 1. The van der Waals surface area contributed by atoms with Gasteiger partial charge in [-0.05, 0) is 27.2 Å². The fraction of sp³-hybridized carbons (Fsp3) is 0.833. The Morgan fingerprint density at radius 3 is 2.39 bits per heavy atom. The van der Waals surface area contributed by atoms with E-state index in [1.807, 2.05) is 0 Å². The second-order valence-electron chi connectivity index (χ2n) is 5.60. The van der Waals surface area contributed by atoms with Gasteiger partial charge in [-0.1, -0.05) is 0 Å². The van der Waals surface area contributed by atoms with Gasteiger partial charge in [0.25, 0.3) is 0 Å². The maximum Gasteiger partial charge on any atom is 0.410 e. The highest BCUT2D eigenvalue weighted by Gasteiger charge is 2.34. The van der Waals surface area contributed by atoms with Gasteiger partial charge >= 0.3 is 12.1 Å². The summed E-state index contributed by atoms with van der Waals surface area (Å²) < 4.78 is 9.96. The Morgan fingerprint density at radius 2 is 1.89 bits per heavy atom. The van der Waals surface area contributed by atoms with Gasteiger partial charge in [0.05, 0.1) is 13.0 Å². The fourth-order valence-corrected chi connectivity index (χ4v) is 1.95. The molecule has 0 saturated carbocycles. The van der Waals surface area contributed by atoms with E-state index in [-0.39, 0.29) is 17.9 Å². The molecule has 2 N–H and O–H groups in total. The molecular formula is C12H22N2O4. The Bertz CT molecular complexity index is 325. The van der Waals surface area contributed by atoms with E-state index in [0.717, 1.165) is 0 Å². The third-order valence-corrected chi connectivity index (χ3v) is 2.67. The molecule has 2 atom stereocenters. The van der Waals surface area contributed by atoms with Gasteiger partial charge in [0, 0.05) is 19.1 Å². The first kappa shape index (κ1) is 14.8. The smallest absolute Gasteiger partial charge is 0.410 e. The number of methoxy groups -OCH3 is 1. The van der Waals surface area contributed by atoms with Crippen molar-refractivity contribution in [1.82, 2.24) is 4.90 Å². The lowest BCUT2D eigenvalue weighted by Crippen LogP contribution is -2.52. The van der Waals surface area contributed by atoms with Crippen LogP contribution in [0.1, 0.15) is 27.2 Å². The summed E-state index contributed by atoms with van der Waals surface area (Å²) in [7, 11) is 1.33. The topological polar surface area (TPSA) is 81.9 Å². The van der Waals surface area contributed by atoms with E-state index in [2.05, 4.69) is 0 Å². The largest absolute Gasteiger partial charge is 0.469 e. The van der Waals surface area contributed by atoms with E-state index in [9.17, 15) is 9.59 Å². The van der Waals surface area contributed by atoms with Gasteiger partial charge in [0.2, 0.25) is 0 Å². The van der Waals surface area contributed by atoms with Crippen LogP contribution in [-0.2, 0) is 14.3 Å². The van der Waals surface area contributed by atoms with Gasteiger partial charge in [-0.2, -0.15) is 0 Å². The van der Waals surface area contributed by atoms with Crippen molar-refractivity contribution < 1.29 is 19.1 Å². The first-order chi connectivity index (χ1) is 8.23. The summed E-state index contributed by atoms with van der Waals surface area (Å²) in [6.45, 7) is 6.10. The number of hydrogen-bond acceptors (Lipinski definition) is 5. The van der Waals surface area contributed by atoms with Crippen molar-refractivity contribution in [2.75, 3.05) is 20.2 Å². The minimum atomic E-state index is -0.556. The van der Waals surface area contributed by atoms with Crippen molar-refractivity contribution in [2.45, 2.75) is 38.8 Å². The van der Waals surface area contributed by atoms with Crippen molar-refractivity contribution in [2.24, 2.45) is 11.7 Å². The first-order valence-electron chi connectivity index (χ1n) is 6.04. The van der Waals surface area contributed by atoms with Crippen LogP contribution in [-0.4, -0.2) is 48.8 Å². The van der Waals surface area contributed by atoms with Gasteiger partial charge in [0.15, 0.2) is 0 Å². The van der Waals surface area contributed by atoms with Crippen LogP contribution in [0.3, 0.4) is 0 Å². The molecule has 1 heterocycles. The highest BCUT2D eigenvalue weighted by molar-refractivity contribution is 5.75. The Hall–Kier alpha value is -1.30. The van der Waals surface area contributed by atoms with Crippen molar-refractivity contribution >= 4 is 12.1 Å². The van der Waals surface area contributed by atoms with Crippen LogP contribution in [0.2, 0.25) is 0 Å². The Morgan fingerprint density at radius 1 is 1.28 bits per heavy atom. The molecule has 1 saturated heterocycles. The molecule has 1 fully saturated rings. The number of rotatable bonds is 1. The summed E-state index contributed by atoms with van der Waals surface area (Å²) >= 11 is 0. The molecule has 6 nitrogen and oxygen atoms in total. The Labute approximate surface area is 107 Å². The molecule has 18 heavy (non-hydrogen) atoms. The van der Waals surface area contributed by atoms with Crippen LogP contribution < -0.4 is 5.73 Å². The molecule has 0 aromatic heterocycles. The molecule has 0 aromatic rings. The first-order valence-corrected chi connectivity index (χ1v) is 6.04. The van der Waals surface area contributed by atoms with E-state index in [1.54, 1.807) is 20.8 Å². The second-order valence-corrected chi connectivity index (χ2v) is 5.60. The summed E-state index contributed by atoms with van der Waals surface area (Å²) in [6.07, 6.45) is 0.0953. The van der Waals surface area contributed by atoms with Crippen LogP contribution in [0.4, 0.5) is 4.79 Å². The minimum Gasteiger partial charge on any atom is -0.469 e. The summed E-state index contributed by atoms with van der Waals surface area (Å²) in [5.74, 6) is -0.704. The predicted molar refractivity (Wildman–Crippen MR) is 65.9 cm³/mol. The van der Waals surface area contributed by atoms with Crippen molar-refractivity contribution in [1.29, 1.82) is 0 Å². The third kappa shape index (κ3) is 4.18. The van der Waals surface area contributed by atoms with E-state index in [4.69, 9.17) is 15.2 Å². The van der Waals surface area contributed by atoms with Crippen LogP contribution in [0.25, 0.3) is 0 Å². The zero-order valence-corrected chi connectivity index (χ0v) is 11.4. The highest BCUT2D eigenvalue weighted by Crippen LogP contribution is 2.19. The Kier molecular flexibility index (Phi) is 4.56. The molecule has 104 valence electrons. The minimum absolute atomic E-state index is 0.227. The van der Waals surface area contributed by atoms with Crippen molar-refractivity contribution in [3.05, 3.63) is 0 Å². The predicted octanol–water partition coefficient (Wildman–Crippen LogP) is 0.744. The number of carbonyl (C=O) groups excluding carboxylic acids is 2.